The Kier molecular flexibility index (Phi) is 7.52. The number of hydrogen-bond acceptors (Lipinski definition) is 4. The van der Waals surface area contributed by atoms with Crippen molar-refractivity contribution in [2.24, 2.45) is 0 Å². The van der Waals surface area contributed by atoms with Gasteiger partial charge in [0.2, 0.25) is 0 Å². The molecule has 0 radical (unpaired) electrons. The van der Waals surface area contributed by atoms with Gasteiger partial charge in [-0.1, -0.05) is 48.7 Å². The molecule has 0 unspecified atom stereocenters. The number of carboxylic acids is 1. The molecule has 0 saturated carbocycles. The maximum atomic E-state index is 11.3. The van der Waals surface area contributed by atoms with Crippen LogP contribution >= 0.6 is 11.6 Å². The van der Waals surface area contributed by atoms with Gasteiger partial charge in [-0.05, 0) is 43.2 Å². The van der Waals surface area contributed by atoms with Crippen LogP contribution in [0.3, 0.4) is 0 Å². The number of carbonyl (C=O) groups is 1. The van der Waals surface area contributed by atoms with E-state index in [1.807, 2.05) is 49.4 Å². The summed E-state index contributed by atoms with van der Waals surface area (Å²) in [5.41, 5.74) is 2.54. The lowest BCUT2D eigenvalue weighted by molar-refractivity contribution is -0.304. The van der Waals surface area contributed by atoms with Crippen molar-refractivity contribution in [3.63, 3.8) is 0 Å². The first-order valence-electron chi connectivity index (χ1n) is 10.2. The van der Waals surface area contributed by atoms with Crippen molar-refractivity contribution < 1.29 is 14.3 Å². The zero-order chi connectivity index (χ0) is 21.5. The Morgan fingerprint density at radius 2 is 2.07 bits per heavy atom. The highest BCUT2D eigenvalue weighted by Gasteiger charge is 2.13. The summed E-state index contributed by atoms with van der Waals surface area (Å²) in [4.78, 5) is 16.0. The fraction of sp³-hybridized carbons (Fsp3) is 0.333. The lowest BCUT2D eigenvalue weighted by Crippen LogP contribution is -2.22. The second-order valence-corrected chi connectivity index (χ2v) is 7.83. The molecule has 0 saturated heterocycles. The van der Waals surface area contributed by atoms with Crippen molar-refractivity contribution in [2.45, 2.75) is 52.5 Å². The Hall–Kier alpha value is -2.79. The van der Waals surface area contributed by atoms with Gasteiger partial charge in [0.15, 0.2) is 0 Å². The van der Waals surface area contributed by atoms with Crippen molar-refractivity contribution in [1.82, 2.24) is 9.55 Å². The van der Waals surface area contributed by atoms with E-state index >= 15 is 0 Å². The predicted molar refractivity (Wildman–Crippen MR) is 116 cm³/mol. The highest BCUT2D eigenvalue weighted by molar-refractivity contribution is 6.31. The number of unbranched alkanes of at least 4 members (excludes halogenated alkanes) is 1. The van der Waals surface area contributed by atoms with Gasteiger partial charge >= 0.3 is 0 Å². The molecule has 0 aliphatic carbocycles. The quantitative estimate of drug-likeness (QED) is 0.476. The van der Waals surface area contributed by atoms with Gasteiger partial charge < -0.3 is 18.9 Å². The number of nitrogens with zero attached hydrogens (tertiary/aromatic N) is 2. The zero-order valence-corrected chi connectivity index (χ0v) is 18.1. The normalized spacial score (nSPS) is 11.8. The van der Waals surface area contributed by atoms with E-state index in [1.165, 1.54) is 0 Å². The highest BCUT2D eigenvalue weighted by Crippen LogP contribution is 2.22. The maximum absolute atomic E-state index is 11.3. The summed E-state index contributed by atoms with van der Waals surface area (Å²) in [7, 11) is 0. The summed E-state index contributed by atoms with van der Waals surface area (Å²) in [6, 6.07) is 11.5. The van der Waals surface area contributed by atoms with Crippen LogP contribution in [0.15, 0.2) is 52.6 Å². The van der Waals surface area contributed by atoms with Gasteiger partial charge in [0.05, 0.1) is 18.4 Å². The standard InChI is InChI=1S/C24H27ClN2O3/c1-3-4-9-23-26-15-20(27(23)16-19-7-5-6-8-22(19)25)12-18(14-24(28)29)13-21-11-10-17(2)30-21/h5-8,10-12,15H,3-4,9,13-14,16H2,1-2H3,(H,28,29)/p-1/b18-12+. The third kappa shape index (κ3) is 5.86. The van der Waals surface area contributed by atoms with Gasteiger partial charge in [-0.3, -0.25) is 0 Å². The number of benzene rings is 1. The number of hydrogen-bond donors (Lipinski definition) is 0. The van der Waals surface area contributed by atoms with Crippen LogP contribution in [0.4, 0.5) is 0 Å². The van der Waals surface area contributed by atoms with E-state index < -0.39 is 5.97 Å². The number of carboxylic acid groups (broad SMARTS) is 1. The van der Waals surface area contributed by atoms with Crippen molar-refractivity contribution in [2.75, 3.05) is 0 Å². The average molecular weight is 426 g/mol. The van der Waals surface area contributed by atoms with Crippen molar-refractivity contribution in [3.8, 4) is 0 Å². The van der Waals surface area contributed by atoms with Crippen LogP contribution in [0.1, 0.15) is 54.8 Å². The number of imidazole rings is 1. The lowest BCUT2D eigenvalue weighted by atomic mass is 10.1. The van der Waals surface area contributed by atoms with Crippen LogP contribution < -0.4 is 5.11 Å². The summed E-state index contributed by atoms with van der Waals surface area (Å²) in [6.07, 6.45) is 6.86. The fourth-order valence-electron chi connectivity index (χ4n) is 3.42. The SMILES string of the molecule is CCCCc1ncc(/C=C(/CC(=O)[O-])Cc2ccc(C)o2)n1Cc1ccccc1Cl. The number of aryl methyl sites for hydroxylation is 2. The second-order valence-electron chi connectivity index (χ2n) is 7.42. The number of rotatable bonds is 10. The molecule has 0 spiro atoms. The van der Waals surface area contributed by atoms with Crippen LogP contribution in [0.25, 0.3) is 6.08 Å². The molecule has 30 heavy (non-hydrogen) atoms. The minimum absolute atomic E-state index is 0.165. The van der Waals surface area contributed by atoms with Gasteiger partial charge in [0.1, 0.15) is 17.3 Å². The Labute approximate surface area is 182 Å². The Balaban J connectivity index is 1.97. The van der Waals surface area contributed by atoms with E-state index in [9.17, 15) is 9.90 Å². The molecule has 5 nitrogen and oxygen atoms in total. The van der Waals surface area contributed by atoms with E-state index in [-0.39, 0.29) is 6.42 Å². The van der Waals surface area contributed by atoms with Crippen LogP contribution in [-0.4, -0.2) is 15.5 Å². The number of halogens is 1. The molecule has 0 aliphatic heterocycles. The average Bonchev–Trinajstić information content (AvgIpc) is 3.27. The number of furan rings is 1. The second kappa shape index (κ2) is 10.3. The predicted octanol–water partition coefficient (Wildman–Crippen LogP) is 4.59. The van der Waals surface area contributed by atoms with Crippen LogP contribution in [0, 0.1) is 6.92 Å². The molecule has 0 N–H and O–H groups in total. The van der Waals surface area contributed by atoms with Gasteiger partial charge in [0, 0.05) is 30.3 Å². The molecule has 6 heteroatoms. The fourth-order valence-corrected chi connectivity index (χ4v) is 3.62. The van der Waals surface area contributed by atoms with E-state index in [2.05, 4.69) is 16.5 Å². The van der Waals surface area contributed by atoms with Crippen LogP contribution in [0.2, 0.25) is 5.02 Å². The van der Waals surface area contributed by atoms with Crippen molar-refractivity contribution >= 4 is 23.6 Å². The third-order valence-corrected chi connectivity index (χ3v) is 5.30. The third-order valence-electron chi connectivity index (χ3n) is 4.93. The first-order chi connectivity index (χ1) is 14.5. The topological polar surface area (TPSA) is 71.1 Å². The van der Waals surface area contributed by atoms with E-state index in [0.717, 1.165) is 47.9 Å². The molecule has 3 rings (SSSR count). The largest absolute Gasteiger partial charge is 0.550 e. The Morgan fingerprint density at radius 1 is 1.27 bits per heavy atom. The van der Waals surface area contributed by atoms with Gasteiger partial charge in [-0.2, -0.15) is 0 Å². The lowest BCUT2D eigenvalue weighted by Gasteiger charge is -2.13. The molecule has 158 valence electrons. The van der Waals surface area contributed by atoms with E-state index in [4.69, 9.17) is 16.0 Å². The number of aromatic nitrogens is 2. The van der Waals surface area contributed by atoms with Gasteiger partial charge in [-0.25, -0.2) is 4.98 Å². The minimum Gasteiger partial charge on any atom is -0.550 e. The zero-order valence-electron chi connectivity index (χ0n) is 17.4. The molecule has 0 aliphatic rings. The molecular weight excluding hydrogens is 400 g/mol. The van der Waals surface area contributed by atoms with E-state index in [0.29, 0.717) is 23.6 Å². The van der Waals surface area contributed by atoms with Gasteiger partial charge in [0.25, 0.3) is 0 Å². The van der Waals surface area contributed by atoms with Crippen LogP contribution in [0.5, 0.6) is 0 Å². The summed E-state index contributed by atoms with van der Waals surface area (Å²) in [5, 5.41) is 12.0. The molecule has 2 aromatic heterocycles. The molecule has 2 heterocycles. The summed E-state index contributed by atoms with van der Waals surface area (Å²) in [6.45, 7) is 4.58. The minimum atomic E-state index is -1.12. The first-order valence-corrected chi connectivity index (χ1v) is 10.6. The molecular formula is C24H26ClN2O3-. The summed E-state index contributed by atoms with van der Waals surface area (Å²) >= 11 is 6.39. The maximum Gasteiger partial charge on any atom is 0.109 e. The molecule has 0 atom stereocenters. The first kappa shape index (κ1) is 21.9. The van der Waals surface area contributed by atoms with E-state index in [1.54, 1.807) is 6.20 Å². The monoisotopic (exact) mass is 425 g/mol. The van der Waals surface area contributed by atoms with Crippen LogP contribution in [-0.2, 0) is 24.2 Å². The van der Waals surface area contributed by atoms with Crippen molar-refractivity contribution in [1.29, 1.82) is 0 Å². The molecule has 0 amide bonds. The summed E-state index contributed by atoms with van der Waals surface area (Å²) < 4.78 is 7.75. The number of aliphatic carboxylic acids is 1. The molecule has 0 fully saturated rings. The van der Waals surface area contributed by atoms with Gasteiger partial charge in [-0.15, -0.1) is 0 Å². The summed E-state index contributed by atoms with van der Waals surface area (Å²) in [5.74, 6) is 1.37. The Morgan fingerprint density at radius 3 is 2.73 bits per heavy atom. The van der Waals surface area contributed by atoms with Crippen molar-refractivity contribution in [3.05, 3.63) is 81.8 Å². The smallest absolute Gasteiger partial charge is 0.109 e. The Bertz CT molecular complexity index is 1030. The number of carbonyl (C=O) groups excluding carboxylic acids is 1. The molecule has 0 bridgehead atoms. The molecule has 3 aromatic rings. The highest BCUT2D eigenvalue weighted by atomic mass is 35.5. The molecule has 1 aromatic carbocycles.